The van der Waals surface area contributed by atoms with Crippen LogP contribution in [0, 0.1) is 5.82 Å². The van der Waals surface area contributed by atoms with Gasteiger partial charge in [0.1, 0.15) is 0 Å². The van der Waals surface area contributed by atoms with Gasteiger partial charge in [-0.1, -0.05) is 26.0 Å². The van der Waals surface area contributed by atoms with Crippen LogP contribution in [0.5, 0.6) is 5.75 Å². The summed E-state index contributed by atoms with van der Waals surface area (Å²) in [6, 6.07) is 4.66. The molecule has 5 heteroatoms. The van der Waals surface area contributed by atoms with Crippen LogP contribution >= 0.6 is 0 Å². The Hall–Kier alpha value is -1.62. The normalized spacial score (nSPS) is 17.5. The van der Waals surface area contributed by atoms with E-state index >= 15 is 0 Å². The zero-order valence-electron chi connectivity index (χ0n) is 12.0. The molecular weight excluding hydrogens is 259 g/mol. The van der Waals surface area contributed by atoms with Crippen molar-refractivity contribution in [1.82, 2.24) is 10.2 Å². The number of rotatable bonds is 5. The third-order valence-corrected chi connectivity index (χ3v) is 3.62. The van der Waals surface area contributed by atoms with Crippen LogP contribution < -0.4 is 10.1 Å². The molecule has 0 saturated heterocycles. The van der Waals surface area contributed by atoms with Crippen molar-refractivity contribution >= 4 is 5.91 Å². The highest BCUT2D eigenvalue weighted by atomic mass is 19.1. The van der Waals surface area contributed by atoms with Crippen LogP contribution in [0.2, 0.25) is 0 Å². The average Bonchev–Trinajstić information content (AvgIpc) is 2.46. The number of carbonyl (C=O) groups is 1. The molecule has 1 aromatic carbocycles. The first-order valence-electron chi connectivity index (χ1n) is 7.08. The molecule has 1 atom stereocenters. The molecular formula is C15H21FN2O2. The predicted octanol–water partition coefficient (Wildman–Crippen LogP) is 2.11. The molecule has 20 heavy (non-hydrogen) atoms. The van der Waals surface area contributed by atoms with E-state index in [1.54, 1.807) is 12.1 Å². The molecule has 1 aromatic rings. The highest BCUT2D eigenvalue weighted by molar-refractivity contribution is 5.78. The molecule has 4 nitrogen and oxygen atoms in total. The number of halogens is 1. The minimum Gasteiger partial charge on any atom is -0.490 e. The molecule has 0 unspecified atom stereocenters. The molecule has 0 aliphatic carbocycles. The minimum absolute atomic E-state index is 0.0317. The molecule has 2 rings (SSSR count). The molecule has 1 N–H and O–H groups in total. The van der Waals surface area contributed by atoms with Crippen LogP contribution in [0.4, 0.5) is 4.39 Å². The van der Waals surface area contributed by atoms with Crippen molar-refractivity contribution in [2.24, 2.45) is 0 Å². The van der Waals surface area contributed by atoms with E-state index in [1.165, 1.54) is 6.07 Å². The SMILES string of the molecule is CCN(CC)CC(=O)N[C@@H]1CCOc2c(F)cccc21. The number of likely N-dealkylation sites (N-methyl/N-ethyl adjacent to an activating group) is 1. The van der Waals surface area contributed by atoms with Crippen LogP contribution in [-0.2, 0) is 4.79 Å². The Morgan fingerprint density at radius 1 is 1.45 bits per heavy atom. The molecule has 1 heterocycles. The minimum atomic E-state index is -0.370. The molecule has 1 amide bonds. The summed E-state index contributed by atoms with van der Waals surface area (Å²) in [6.45, 7) is 6.51. The van der Waals surface area contributed by atoms with Crippen LogP contribution in [0.25, 0.3) is 0 Å². The summed E-state index contributed by atoms with van der Waals surface area (Å²) < 4.78 is 19.0. The van der Waals surface area contributed by atoms with Crippen LogP contribution in [0.15, 0.2) is 18.2 Å². The fraction of sp³-hybridized carbons (Fsp3) is 0.533. The van der Waals surface area contributed by atoms with Crippen molar-refractivity contribution < 1.29 is 13.9 Å². The van der Waals surface area contributed by atoms with Crippen molar-refractivity contribution in [3.63, 3.8) is 0 Å². The number of nitrogens with zero attached hydrogens (tertiary/aromatic N) is 1. The smallest absolute Gasteiger partial charge is 0.234 e. The first-order chi connectivity index (χ1) is 9.65. The Bertz CT molecular complexity index is 475. The summed E-state index contributed by atoms with van der Waals surface area (Å²) in [7, 11) is 0. The van der Waals surface area contributed by atoms with E-state index in [1.807, 2.05) is 18.7 Å². The first kappa shape index (κ1) is 14.8. The second-order valence-electron chi connectivity index (χ2n) is 4.88. The molecule has 0 saturated carbocycles. The zero-order valence-corrected chi connectivity index (χ0v) is 12.0. The van der Waals surface area contributed by atoms with E-state index in [9.17, 15) is 9.18 Å². The fourth-order valence-corrected chi connectivity index (χ4v) is 2.43. The number of ether oxygens (including phenoxy) is 1. The lowest BCUT2D eigenvalue weighted by Gasteiger charge is -2.28. The summed E-state index contributed by atoms with van der Waals surface area (Å²) in [4.78, 5) is 14.1. The van der Waals surface area contributed by atoms with Gasteiger partial charge in [-0.25, -0.2) is 4.39 Å². The number of hydrogen-bond donors (Lipinski definition) is 1. The van der Waals surface area contributed by atoms with Crippen molar-refractivity contribution in [2.75, 3.05) is 26.2 Å². The third kappa shape index (κ3) is 3.28. The Labute approximate surface area is 118 Å². The maximum atomic E-state index is 13.7. The van der Waals surface area contributed by atoms with Gasteiger partial charge in [0.25, 0.3) is 0 Å². The van der Waals surface area contributed by atoms with Gasteiger partial charge in [-0.05, 0) is 19.2 Å². The third-order valence-electron chi connectivity index (χ3n) is 3.62. The lowest BCUT2D eigenvalue weighted by Crippen LogP contribution is -2.40. The fourth-order valence-electron chi connectivity index (χ4n) is 2.43. The molecule has 110 valence electrons. The van der Waals surface area contributed by atoms with E-state index in [0.717, 1.165) is 18.7 Å². The largest absolute Gasteiger partial charge is 0.490 e. The summed E-state index contributed by atoms with van der Waals surface area (Å²) in [6.07, 6.45) is 0.667. The summed E-state index contributed by atoms with van der Waals surface area (Å²) >= 11 is 0. The topological polar surface area (TPSA) is 41.6 Å². The number of hydrogen-bond acceptors (Lipinski definition) is 3. The van der Waals surface area contributed by atoms with E-state index in [2.05, 4.69) is 5.32 Å². The van der Waals surface area contributed by atoms with E-state index in [-0.39, 0.29) is 23.5 Å². The standard InChI is InChI=1S/C15H21FN2O2/c1-3-18(4-2)10-14(19)17-13-8-9-20-15-11(13)6-5-7-12(15)16/h5-7,13H,3-4,8-10H2,1-2H3,(H,17,19)/t13-/m1/s1. The van der Waals surface area contributed by atoms with E-state index < -0.39 is 0 Å². The van der Waals surface area contributed by atoms with Gasteiger partial charge in [-0.3, -0.25) is 9.69 Å². The maximum Gasteiger partial charge on any atom is 0.234 e. The predicted molar refractivity (Wildman–Crippen MR) is 75.2 cm³/mol. The quantitative estimate of drug-likeness (QED) is 0.898. The van der Waals surface area contributed by atoms with Gasteiger partial charge >= 0.3 is 0 Å². The number of carbonyl (C=O) groups excluding carboxylic acids is 1. The molecule has 0 bridgehead atoms. The number of benzene rings is 1. The van der Waals surface area contributed by atoms with Crippen molar-refractivity contribution in [1.29, 1.82) is 0 Å². The van der Waals surface area contributed by atoms with E-state index in [4.69, 9.17) is 4.74 Å². The first-order valence-corrected chi connectivity index (χ1v) is 7.08. The molecule has 0 radical (unpaired) electrons. The van der Waals surface area contributed by atoms with Crippen LogP contribution in [-0.4, -0.2) is 37.0 Å². The van der Waals surface area contributed by atoms with Crippen LogP contribution in [0.1, 0.15) is 31.9 Å². The van der Waals surface area contributed by atoms with Gasteiger partial charge in [0, 0.05) is 12.0 Å². The summed E-state index contributed by atoms with van der Waals surface area (Å²) in [5.41, 5.74) is 0.726. The van der Waals surface area contributed by atoms with Gasteiger partial charge in [0.15, 0.2) is 11.6 Å². The van der Waals surface area contributed by atoms with Crippen molar-refractivity contribution in [2.45, 2.75) is 26.3 Å². The zero-order chi connectivity index (χ0) is 14.5. The molecule has 0 aromatic heterocycles. The lowest BCUT2D eigenvalue weighted by atomic mass is 10.0. The van der Waals surface area contributed by atoms with Gasteiger partial charge in [-0.2, -0.15) is 0 Å². The van der Waals surface area contributed by atoms with Crippen molar-refractivity contribution in [3.05, 3.63) is 29.6 Å². The molecule has 0 fully saturated rings. The van der Waals surface area contributed by atoms with Gasteiger partial charge in [0.05, 0.1) is 19.2 Å². The molecule has 1 aliphatic heterocycles. The number of nitrogens with one attached hydrogen (secondary N) is 1. The highest BCUT2D eigenvalue weighted by Gasteiger charge is 2.25. The number of fused-ring (bicyclic) bond motifs is 1. The average molecular weight is 280 g/mol. The highest BCUT2D eigenvalue weighted by Crippen LogP contribution is 2.33. The Balaban J connectivity index is 2.05. The van der Waals surface area contributed by atoms with Gasteiger partial charge < -0.3 is 10.1 Å². The molecule has 1 aliphatic rings. The van der Waals surface area contributed by atoms with E-state index in [0.29, 0.717) is 19.6 Å². The Morgan fingerprint density at radius 3 is 2.90 bits per heavy atom. The second-order valence-corrected chi connectivity index (χ2v) is 4.88. The number of para-hydroxylation sites is 1. The second kappa shape index (κ2) is 6.70. The monoisotopic (exact) mass is 280 g/mol. The molecule has 0 spiro atoms. The van der Waals surface area contributed by atoms with Gasteiger partial charge in [0.2, 0.25) is 5.91 Å². The maximum absolute atomic E-state index is 13.7. The van der Waals surface area contributed by atoms with Crippen LogP contribution in [0.3, 0.4) is 0 Å². The summed E-state index contributed by atoms with van der Waals surface area (Å²) in [5, 5.41) is 2.97. The Morgan fingerprint density at radius 2 is 2.20 bits per heavy atom. The Kier molecular flexibility index (Phi) is 4.95. The van der Waals surface area contributed by atoms with Crippen molar-refractivity contribution in [3.8, 4) is 5.75 Å². The van der Waals surface area contributed by atoms with Gasteiger partial charge in [-0.15, -0.1) is 0 Å². The lowest BCUT2D eigenvalue weighted by molar-refractivity contribution is -0.123. The number of amides is 1. The summed E-state index contributed by atoms with van der Waals surface area (Å²) in [5.74, 6) is -0.132.